The third kappa shape index (κ3) is 3.80. The number of hydrogen-bond acceptors (Lipinski definition) is 3. The lowest BCUT2D eigenvalue weighted by Gasteiger charge is -2.02. The number of hydrogen-bond donors (Lipinski definition) is 1. The molecule has 0 radical (unpaired) electrons. The number of pyridine rings is 1. The Kier molecular flexibility index (Phi) is 4.95. The van der Waals surface area contributed by atoms with Crippen LogP contribution in [0.15, 0.2) is 95.4 Å². The fourth-order valence-electron chi connectivity index (χ4n) is 3.61. The highest BCUT2D eigenvalue weighted by Gasteiger charge is 2.14. The van der Waals surface area contributed by atoms with Gasteiger partial charge in [0, 0.05) is 23.1 Å². The molecule has 1 N–H and O–H groups in total. The number of H-pyrrole nitrogens is 1. The summed E-state index contributed by atoms with van der Waals surface area (Å²) in [5.74, 6) is 0.662. The summed E-state index contributed by atoms with van der Waals surface area (Å²) in [6.45, 7) is 0.523. The predicted octanol–water partition coefficient (Wildman–Crippen LogP) is 4.58. The van der Waals surface area contributed by atoms with Crippen LogP contribution in [0.2, 0.25) is 0 Å². The summed E-state index contributed by atoms with van der Waals surface area (Å²) < 4.78 is 2.03. The Morgan fingerprint density at radius 2 is 1.53 bits per heavy atom. The molecule has 0 spiro atoms. The van der Waals surface area contributed by atoms with E-state index in [1.54, 1.807) is 0 Å². The molecule has 3 heterocycles. The molecule has 0 aliphatic carbocycles. The fraction of sp³-hybridized carbons (Fsp3) is 0.0800. The highest BCUT2D eigenvalue weighted by Crippen LogP contribution is 2.30. The first-order valence-corrected chi connectivity index (χ1v) is 10.7. The number of thiophene rings is 1. The quantitative estimate of drug-likeness (QED) is 0.431. The highest BCUT2D eigenvalue weighted by atomic mass is 32.1. The van der Waals surface area contributed by atoms with E-state index in [2.05, 4.69) is 41.4 Å². The van der Waals surface area contributed by atoms with Crippen molar-refractivity contribution in [3.63, 3.8) is 0 Å². The molecular formula is C25H20N3OS+. The molecule has 0 aliphatic heterocycles. The van der Waals surface area contributed by atoms with Crippen LogP contribution in [0.25, 0.3) is 21.3 Å². The summed E-state index contributed by atoms with van der Waals surface area (Å²) in [5.41, 5.74) is 4.43. The topological polar surface area (TPSA) is 49.6 Å². The van der Waals surface area contributed by atoms with Crippen molar-refractivity contribution in [1.29, 1.82) is 0 Å². The van der Waals surface area contributed by atoms with Gasteiger partial charge in [-0.05, 0) is 23.1 Å². The molecule has 0 amide bonds. The van der Waals surface area contributed by atoms with Crippen LogP contribution >= 0.6 is 11.3 Å². The Bertz CT molecular complexity index is 1340. The van der Waals surface area contributed by atoms with Crippen molar-refractivity contribution < 1.29 is 4.57 Å². The lowest BCUT2D eigenvalue weighted by atomic mass is 10.1. The smallest absolute Gasteiger partial charge is 0.260 e. The molecule has 5 heteroatoms. The molecule has 0 unspecified atom stereocenters. The number of aromatic amines is 1. The molecule has 2 aromatic carbocycles. The molecule has 146 valence electrons. The Hall–Kier alpha value is -3.57. The monoisotopic (exact) mass is 410 g/mol. The zero-order valence-corrected chi connectivity index (χ0v) is 17.1. The van der Waals surface area contributed by atoms with E-state index >= 15 is 0 Å². The molecule has 0 aliphatic rings. The van der Waals surface area contributed by atoms with Gasteiger partial charge in [-0.1, -0.05) is 60.7 Å². The van der Waals surface area contributed by atoms with E-state index in [1.807, 2.05) is 58.7 Å². The van der Waals surface area contributed by atoms with E-state index in [0.29, 0.717) is 17.8 Å². The van der Waals surface area contributed by atoms with E-state index in [-0.39, 0.29) is 5.56 Å². The summed E-state index contributed by atoms with van der Waals surface area (Å²) in [5, 5.41) is 2.68. The zero-order valence-electron chi connectivity index (χ0n) is 16.3. The van der Waals surface area contributed by atoms with Gasteiger partial charge in [0.15, 0.2) is 18.2 Å². The first-order chi connectivity index (χ1) is 14.8. The maximum absolute atomic E-state index is 12.8. The van der Waals surface area contributed by atoms with Crippen molar-refractivity contribution in [3.05, 3.63) is 118 Å². The predicted molar refractivity (Wildman–Crippen MR) is 121 cm³/mol. The van der Waals surface area contributed by atoms with Crippen LogP contribution in [0.1, 0.15) is 17.0 Å². The van der Waals surface area contributed by atoms with Gasteiger partial charge in [0.05, 0.1) is 5.39 Å². The lowest BCUT2D eigenvalue weighted by molar-refractivity contribution is -0.689. The Morgan fingerprint density at radius 1 is 0.867 bits per heavy atom. The molecule has 30 heavy (non-hydrogen) atoms. The SMILES string of the molecule is O=c1[nH]c(C[n+]2ccc(Cc3ccccc3)cc2)nc2scc(-c3ccccc3)c12. The second-order valence-electron chi connectivity index (χ2n) is 7.25. The van der Waals surface area contributed by atoms with Crippen LogP contribution in [0, 0.1) is 0 Å². The number of benzene rings is 2. The van der Waals surface area contributed by atoms with Gasteiger partial charge in [-0.2, -0.15) is 4.57 Å². The Balaban J connectivity index is 1.39. The van der Waals surface area contributed by atoms with Gasteiger partial charge in [0.2, 0.25) is 6.54 Å². The van der Waals surface area contributed by atoms with Gasteiger partial charge in [0.1, 0.15) is 4.83 Å². The third-order valence-electron chi connectivity index (χ3n) is 5.12. The summed E-state index contributed by atoms with van der Waals surface area (Å²) in [7, 11) is 0. The van der Waals surface area contributed by atoms with Gasteiger partial charge in [-0.25, -0.2) is 4.98 Å². The minimum atomic E-state index is -0.0867. The zero-order chi connectivity index (χ0) is 20.3. The number of nitrogens with zero attached hydrogens (tertiary/aromatic N) is 2. The van der Waals surface area contributed by atoms with Crippen LogP contribution in [-0.2, 0) is 13.0 Å². The van der Waals surface area contributed by atoms with Gasteiger partial charge in [-0.15, -0.1) is 11.3 Å². The minimum absolute atomic E-state index is 0.0867. The molecule has 0 saturated heterocycles. The fourth-order valence-corrected chi connectivity index (χ4v) is 4.58. The molecule has 0 bridgehead atoms. The van der Waals surface area contributed by atoms with E-state index in [4.69, 9.17) is 4.98 Å². The van der Waals surface area contributed by atoms with E-state index in [1.165, 1.54) is 22.5 Å². The maximum atomic E-state index is 12.8. The second kappa shape index (κ2) is 8.05. The highest BCUT2D eigenvalue weighted by molar-refractivity contribution is 7.17. The van der Waals surface area contributed by atoms with E-state index in [9.17, 15) is 4.79 Å². The number of aromatic nitrogens is 3. The van der Waals surface area contributed by atoms with Crippen LogP contribution in [0.5, 0.6) is 0 Å². The standard InChI is InChI=1S/C25H19N3OS/c29-24-23-21(20-9-5-2-6-10-20)17-30-25(23)27-22(26-24)16-28-13-11-19(12-14-28)15-18-7-3-1-4-8-18/h1-14,17H,15-16H2/p+1. The van der Waals surface area contributed by atoms with Gasteiger partial charge >= 0.3 is 0 Å². The van der Waals surface area contributed by atoms with Crippen LogP contribution in [0.4, 0.5) is 0 Å². The number of rotatable bonds is 5. The van der Waals surface area contributed by atoms with Gasteiger partial charge in [-0.3, -0.25) is 4.79 Å². The molecule has 0 atom stereocenters. The number of fused-ring (bicyclic) bond motifs is 1. The maximum Gasteiger partial charge on any atom is 0.260 e. The number of nitrogens with one attached hydrogen (secondary N) is 1. The summed E-state index contributed by atoms with van der Waals surface area (Å²) in [6.07, 6.45) is 4.97. The summed E-state index contributed by atoms with van der Waals surface area (Å²) in [6, 6.07) is 24.6. The second-order valence-corrected chi connectivity index (χ2v) is 8.11. The molecule has 0 fully saturated rings. The first-order valence-electron chi connectivity index (χ1n) is 9.84. The summed E-state index contributed by atoms with van der Waals surface area (Å²) >= 11 is 1.51. The lowest BCUT2D eigenvalue weighted by Crippen LogP contribution is -2.35. The Morgan fingerprint density at radius 3 is 2.27 bits per heavy atom. The third-order valence-corrected chi connectivity index (χ3v) is 5.99. The van der Waals surface area contributed by atoms with Gasteiger partial charge < -0.3 is 4.98 Å². The van der Waals surface area contributed by atoms with Crippen molar-refractivity contribution in [1.82, 2.24) is 9.97 Å². The van der Waals surface area contributed by atoms with Gasteiger partial charge in [0.25, 0.3) is 5.56 Å². The largest absolute Gasteiger partial charge is 0.305 e. The van der Waals surface area contributed by atoms with Crippen molar-refractivity contribution in [2.24, 2.45) is 0 Å². The summed E-state index contributed by atoms with van der Waals surface area (Å²) in [4.78, 5) is 21.3. The van der Waals surface area contributed by atoms with Crippen molar-refractivity contribution in [3.8, 4) is 11.1 Å². The molecule has 5 aromatic rings. The molecular weight excluding hydrogens is 390 g/mol. The molecule has 4 nitrogen and oxygen atoms in total. The minimum Gasteiger partial charge on any atom is -0.305 e. The van der Waals surface area contributed by atoms with Crippen LogP contribution in [-0.4, -0.2) is 9.97 Å². The van der Waals surface area contributed by atoms with E-state index < -0.39 is 0 Å². The van der Waals surface area contributed by atoms with E-state index in [0.717, 1.165) is 22.4 Å². The van der Waals surface area contributed by atoms with Crippen LogP contribution < -0.4 is 10.1 Å². The van der Waals surface area contributed by atoms with Crippen molar-refractivity contribution >= 4 is 21.6 Å². The Labute approximate surface area is 178 Å². The molecule has 5 rings (SSSR count). The first kappa shape index (κ1) is 18.5. The molecule has 0 saturated carbocycles. The average Bonchev–Trinajstić information content (AvgIpc) is 3.21. The van der Waals surface area contributed by atoms with Crippen molar-refractivity contribution in [2.45, 2.75) is 13.0 Å². The van der Waals surface area contributed by atoms with Crippen LogP contribution in [0.3, 0.4) is 0 Å². The molecule has 3 aromatic heterocycles. The normalized spacial score (nSPS) is 11.1. The van der Waals surface area contributed by atoms with Crippen molar-refractivity contribution in [2.75, 3.05) is 0 Å². The average molecular weight is 411 g/mol.